The van der Waals surface area contributed by atoms with E-state index in [1.807, 2.05) is 25.2 Å². The number of aryl methyl sites for hydroxylation is 1. The number of hydrogen-bond donors (Lipinski definition) is 2. The zero-order valence-corrected chi connectivity index (χ0v) is 13.2. The number of hydrogen-bond acceptors (Lipinski definition) is 4. The van der Waals surface area contributed by atoms with Crippen molar-refractivity contribution in [3.63, 3.8) is 0 Å². The molecule has 1 fully saturated rings. The standard InChI is InChI=1S/C16H21N5O2/c1-21-15(6-7-20-21)14-5-4-12(9-17-14)10-18-16(22)19-11-13-3-2-8-23-13/h4-7,9,13H,2-3,8,10-11H2,1H3,(H2,18,19,22)/t13-/m0/s1. The molecule has 0 spiro atoms. The molecule has 7 nitrogen and oxygen atoms in total. The largest absolute Gasteiger partial charge is 0.376 e. The van der Waals surface area contributed by atoms with Crippen LogP contribution in [-0.4, -0.2) is 40.1 Å². The smallest absolute Gasteiger partial charge is 0.315 e. The summed E-state index contributed by atoms with van der Waals surface area (Å²) in [7, 11) is 1.88. The molecule has 2 aromatic heterocycles. The lowest BCUT2D eigenvalue weighted by Gasteiger charge is -2.11. The van der Waals surface area contributed by atoms with Crippen LogP contribution in [0.25, 0.3) is 11.4 Å². The molecule has 3 rings (SSSR count). The number of nitrogens with zero attached hydrogens (tertiary/aromatic N) is 3. The Labute approximate surface area is 135 Å². The second-order valence-corrected chi connectivity index (χ2v) is 5.59. The first-order chi connectivity index (χ1) is 11.2. The van der Waals surface area contributed by atoms with E-state index in [0.29, 0.717) is 13.1 Å². The molecule has 3 heterocycles. The molecule has 0 bridgehead atoms. The van der Waals surface area contributed by atoms with Gasteiger partial charge in [-0.05, 0) is 30.5 Å². The zero-order chi connectivity index (χ0) is 16.1. The molecule has 0 aromatic carbocycles. The maximum absolute atomic E-state index is 11.8. The molecule has 2 aromatic rings. The van der Waals surface area contributed by atoms with Gasteiger partial charge in [-0.3, -0.25) is 9.67 Å². The first-order valence-electron chi connectivity index (χ1n) is 7.79. The average Bonchev–Trinajstić information content (AvgIpc) is 3.23. The van der Waals surface area contributed by atoms with Gasteiger partial charge in [0.05, 0.1) is 17.5 Å². The van der Waals surface area contributed by atoms with E-state index < -0.39 is 0 Å². The number of urea groups is 1. The highest BCUT2D eigenvalue weighted by atomic mass is 16.5. The third kappa shape index (κ3) is 4.07. The molecule has 0 radical (unpaired) electrons. The number of aromatic nitrogens is 3. The van der Waals surface area contributed by atoms with E-state index in [1.165, 1.54) is 0 Å². The summed E-state index contributed by atoms with van der Waals surface area (Å²) in [5, 5.41) is 9.78. The van der Waals surface area contributed by atoms with Crippen LogP contribution in [0.15, 0.2) is 30.6 Å². The Morgan fingerprint density at radius 2 is 2.30 bits per heavy atom. The molecular formula is C16H21N5O2. The minimum Gasteiger partial charge on any atom is -0.376 e. The van der Waals surface area contributed by atoms with Gasteiger partial charge < -0.3 is 15.4 Å². The quantitative estimate of drug-likeness (QED) is 0.875. The number of amides is 2. The van der Waals surface area contributed by atoms with Crippen molar-refractivity contribution in [3.05, 3.63) is 36.2 Å². The lowest BCUT2D eigenvalue weighted by Crippen LogP contribution is -2.39. The van der Waals surface area contributed by atoms with Crippen molar-refractivity contribution < 1.29 is 9.53 Å². The summed E-state index contributed by atoms with van der Waals surface area (Å²) in [5.41, 5.74) is 2.76. The Morgan fingerprint density at radius 1 is 1.39 bits per heavy atom. The van der Waals surface area contributed by atoms with Crippen molar-refractivity contribution >= 4 is 6.03 Å². The van der Waals surface area contributed by atoms with Gasteiger partial charge in [0.25, 0.3) is 0 Å². The van der Waals surface area contributed by atoms with Crippen LogP contribution in [0.4, 0.5) is 4.79 Å². The van der Waals surface area contributed by atoms with Crippen LogP contribution in [0.3, 0.4) is 0 Å². The van der Waals surface area contributed by atoms with Gasteiger partial charge in [0.15, 0.2) is 0 Å². The summed E-state index contributed by atoms with van der Waals surface area (Å²) < 4.78 is 7.24. The summed E-state index contributed by atoms with van der Waals surface area (Å²) in [5.74, 6) is 0. The van der Waals surface area contributed by atoms with E-state index in [0.717, 1.165) is 36.4 Å². The summed E-state index contributed by atoms with van der Waals surface area (Å²) in [4.78, 5) is 16.2. The number of carbonyl (C=O) groups excluding carboxylic acids is 1. The molecule has 23 heavy (non-hydrogen) atoms. The fraction of sp³-hybridized carbons (Fsp3) is 0.438. The fourth-order valence-corrected chi connectivity index (χ4v) is 2.56. The van der Waals surface area contributed by atoms with Crippen molar-refractivity contribution in [1.29, 1.82) is 0 Å². The molecule has 0 aliphatic carbocycles. The predicted molar refractivity (Wildman–Crippen MR) is 85.7 cm³/mol. The van der Waals surface area contributed by atoms with Crippen molar-refractivity contribution in [1.82, 2.24) is 25.4 Å². The molecule has 0 unspecified atom stereocenters. The lowest BCUT2D eigenvalue weighted by molar-refractivity contribution is 0.111. The first kappa shape index (κ1) is 15.5. The van der Waals surface area contributed by atoms with Crippen LogP contribution in [0.1, 0.15) is 18.4 Å². The minimum absolute atomic E-state index is 0.153. The third-order valence-electron chi connectivity index (χ3n) is 3.88. The summed E-state index contributed by atoms with van der Waals surface area (Å²) in [6.07, 6.45) is 5.75. The maximum Gasteiger partial charge on any atom is 0.315 e. The normalized spacial score (nSPS) is 17.2. The molecule has 2 N–H and O–H groups in total. The molecule has 1 aliphatic rings. The molecular weight excluding hydrogens is 294 g/mol. The summed E-state index contributed by atoms with van der Waals surface area (Å²) in [6, 6.07) is 5.61. The van der Waals surface area contributed by atoms with Gasteiger partial charge in [-0.15, -0.1) is 0 Å². The van der Waals surface area contributed by atoms with Crippen LogP contribution >= 0.6 is 0 Å². The number of nitrogens with one attached hydrogen (secondary N) is 2. The van der Waals surface area contributed by atoms with Crippen molar-refractivity contribution in [2.45, 2.75) is 25.5 Å². The molecule has 7 heteroatoms. The van der Waals surface area contributed by atoms with Crippen LogP contribution < -0.4 is 10.6 Å². The van der Waals surface area contributed by atoms with Crippen molar-refractivity contribution in [2.75, 3.05) is 13.2 Å². The third-order valence-corrected chi connectivity index (χ3v) is 3.88. The molecule has 1 saturated heterocycles. The van der Waals surface area contributed by atoms with E-state index in [1.54, 1.807) is 17.1 Å². The summed E-state index contributed by atoms with van der Waals surface area (Å²) in [6.45, 7) is 1.79. The Balaban J connectivity index is 1.46. The Morgan fingerprint density at radius 3 is 2.96 bits per heavy atom. The number of carbonyl (C=O) groups is 1. The van der Waals surface area contributed by atoms with Gasteiger partial charge in [-0.2, -0.15) is 5.10 Å². The lowest BCUT2D eigenvalue weighted by atomic mass is 10.2. The Hall–Kier alpha value is -2.41. The molecule has 1 aliphatic heterocycles. The highest BCUT2D eigenvalue weighted by Gasteiger charge is 2.15. The van der Waals surface area contributed by atoms with Crippen LogP contribution in [-0.2, 0) is 18.3 Å². The fourth-order valence-electron chi connectivity index (χ4n) is 2.56. The maximum atomic E-state index is 11.8. The van der Waals surface area contributed by atoms with Gasteiger partial charge in [-0.1, -0.05) is 6.07 Å². The second kappa shape index (κ2) is 7.23. The number of pyridine rings is 1. The molecule has 2 amide bonds. The van der Waals surface area contributed by atoms with E-state index in [-0.39, 0.29) is 12.1 Å². The van der Waals surface area contributed by atoms with Crippen LogP contribution in [0.5, 0.6) is 0 Å². The van der Waals surface area contributed by atoms with Gasteiger partial charge in [0.2, 0.25) is 0 Å². The molecule has 1 atom stereocenters. The van der Waals surface area contributed by atoms with E-state index in [4.69, 9.17) is 4.74 Å². The average molecular weight is 315 g/mol. The van der Waals surface area contributed by atoms with Gasteiger partial charge in [0.1, 0.15) is 0 Å². The van der Waals surface area contributed by atoms with E-state index >= 15 is 0 Å². The zero-order valence-electron chi connectivity index (χ0n) is 13.2. The van der Waals surface area contributed by atoms with E-state index in [9.17, 15) is 4.79 Å². The topological polar surface area (TPSA) is 81.1 Å². The summed E-state index contributed by atoms with van der Waals surface area (Å²) >= 11 is 0. The van der Waals surface area contributed by atoms with Crippen molar-refractivity contribution in [3.8, 4) is 11.4 Å². The van der Waals surface area contributed by atoms with Crippen LogP contribution in [0.2, 0.25) is 0 Å². The van der Waals surface area contributed by atoms with Crippen molar-refractivity contribution in [2.24, 2.45) is 7.05 Å². The Bertz CT molecular complexity index is 647. The predicted octanol–water partition coefficient (Wildman–Crippen LogP) is 1.46. The van der Waals surface area contributed by atoms with Gasteiger partial charge in [0, 0.05) is 39.1 Å². The molecule has 122 valence electrons. The van der Waals surface area contributed by atoms with Crippen LogP contribution in [0, 0.1) is 0 Å². The first-order valence-corrected chi connectivity index (χ1v) is 7.79. The Kier molecular flexibility index (Phi) is 4.87. The van der Waals surface area contributed by atoms with Gasteiger partial charge >= 0.3 is 6.03 Å². The SMILES string of the molecule is Cn1nccc1-c1ccc(CNC(=O)NC[C@@H]2CCCO2)cn1. The minimum atomic E-state index is -0.184. The highest BCUT2D eigenvalue weighted by Crippen LogP contribution is 2.15. The molecule has 0 saturated carbocycles. The number of rotatable bonds is 5. The van der Waals surface area contributed by atoms with E-state index in [2.05, 4.69) is 20.7 Å². The van der Waals surface area contributed by atoms with Gasteiger partial charge in [-0.25, -0.2) is 4.79 Å². The monoisotopic (exact) mass is 315 g/mol. The second-order valence-electron chi connectivity index (χ2n) is 5.59. The number of ether oxygens (including phenoxy) is 1. The highest BCUT2D eigenvalue weighted by molar-refractivity contribution is 5.73.